The van der Waals surface area contributed by atoms with Gasteiger partial charge in [-0.3, -0.25) is 9.89 Å². The third-order valence-electron chi connectivity index (χ3n) is 2.61. The third kappa shape index (κ3) is 3.27. The van der Waals surface area contributed by atoms with E-state index in [1.54, 1.807) is 18.6 Å². The fourth-order valence-corrected chi connectivity index (χ4v) is 1.57. The van der Waals surface area contributed by atoms with E-state index in [0.717, 1.165) is 12.1 Å². The van der Waals surface area contributed by atoms with Crippen LogP contribution in [0.5, 0.6) is 0 Å². The van der Waals surface area contributed by atoms with E-state index in [1.807, 2.05) is 13.8 Å². The highest BCUT2D eigenvalue weighted by Gasteiger charge is 2.13. The number of nitrogens with zero attached hydrogens (tertiary/aromatic N) is 3. The number of carbonyl (C=O) groups is 1. The summed E-state index contributed by atoms with van der Waals surface area (Å²) in [5.74, 6) is 0.395. The molecule has 3 N–H and O–H groups in total. The second-order valence-corrected chi connectivity index (χ2v) is 4.04. The topological polar surface area (TPSA) is 95.6 Å². The highest BCUT2D eigenvalue weighted by atomic mass is 16.1. The lowest BCUT2D eigenvalue weighted by molar-refractivity contribution is 0.0934. The Hall–Kier alpha value is -2.44. The molecule has 19 heavy (non-hydrogen) atoms. The summed E-state index contributed by atoms with van der Waals surface area (Å²) in [4.78, 5) is 20.1. The SMILES string of the molecule is CCNc1cnc(C(=O)NC(C)c2cn[nH]c2)cn1. The number of hydrogen-bond donors (Lipinski definition) is 3. The highest BCUT2D eigenvalue weighted by molar-refractivity contribution is 5.92. The molecular formula is C12H16N6O. The fraction of sp³-hybridized carbons (Fsp3) is 0.333. The largest absolute Gasteiger partial charge is 0.369 e. The first kappa shape index (κ1) is 13.0. The van der Waals surface area contributed by atoms with Crippen LogP contribution in [-0.2, 0) is 0 Å². The molecule has 7 heteroatoms. The summed E-state index contributed by atoms with van der Waals surface area (Å²) in [5, 5.41) is 12.4. The zero-order chi connectivity index (χ0) is 13.7. The monoisotopic (exact) mass is 260 g/mol. The molecule has 2 heterocycles. The molecule has 0 saturated carbocycles. The van der Waals surface area contributed by atoms with Crippen LogP contribution in [0.4, 0.5) is 5.82 Å². The van der Waals surface area contributed by atoms with Crippen molar-refractivity contribution in [2.75, 3.05) is 11.9 Å². The number of carbonyl (C=O) groups excluding carboxylic acids is 1. The first-order valence-electron chi connectivity index (χ1n) is 6.06. The van der Waals surface area contributed by atoms with E-state index in [4.69, 9.17) is 0 Å². The van der Waals surface area contributed by atoms with Crippen molar-refractivity contribution in [3.05, 3.63) is 36.0 Å². The number of anilines is 1. The average molecular weight is 260 g/mol. The Morgan fingerprint density at radius 2 is 2.21 bits per heavy atom. The standard InChI is InChI=1S/C12H16N6O/c1-3-13-11-7-14-10(6-15-11)12(19)18-8(2)9-4-16-17-5-9/h4-8H,3H2,1-2H3,(H,13,15)(H,16,17)(H,18,19). The van der Waals surface area contributed by atoms with Gasteiger partial charge in [0.1, 0.15) is 11.5 Å². The summed E-state index contributed by atoms with van der Waals surface area (Å²) < 4.78 is 0. The molecule has 0 spiro atoms. The molecule has 100 valence electrons. The molecular weight excluding hydrogens is 244 g/mol. The predicted octanol–water partition coefficient (Wildman–Crippen LogP) is 1.12. The maximum Gasteiger partial charge on any atom is 0.271 e. The van der Waals surface area contributed by atoms with E-state index in [1.165, 1.54) is 6.20 Å². The second kappa shape index (κ2) is 5.94. The van der Waals surface area contributed by atoms with Gasteiger partial charge in [0, 0.05) is 18.3 Å². The van der Waals surface area contributed by atoms with Gasteiger partial charge in [-0.2, -0.15) is 5.10 Å². The Balaban J connectivity index is 1.99. The lowest BCUT2D eigenvalue weighted by Crippen LogP contribution is -2.27. The molecule has 0 aromatic carbocycles. The smallest absolute Gasteiger partial charge is 0.271 e. The molecule has 2 aromatic heterocycles. The number of hydrogen-bond acceptors (Lipinski definition) is 5. The van der Waals surface area contributed by atoms with Gasteiger partial charge in [0.2, 0.25) is 0 Å². The zero-order valence-electron chi connectivity index (χ0n) is 10.8. The van der Waals surface area contributed by atoms with Crippen LogP contribution in [0, 0.1) is 0 Å². The molecule has 0 bridgehead atoms. The minimum atomic E-state index is -0.260. The maximum atomic E-state index is 12.0. The molecule has 7 nitrogen and oxygen atoms in total. The number of H-pyrrole nitrogens is 1. The van der Waals surface area contributed by atoms with E-state index in [0.29, 0.717) is 5.82 Å². The Morgan fingerprint density at radius 1 is 1.37 bits per heavy atom. The van der Waals surface area contributed by atoms with Gasteiger partial charge >= 0.3 is 0 Å². The van der Waals surface area contributed by atoms with Crippen molar-refractivity contribution in [2.45, 2.75) is 19.9 Å². The van der Waals surface area contributed by atoms with E-state index in [9.17, 15) is 4.79 Å². The molecule has 0 aliphatic rings. The van der Waals surface area contributed by atoms with Crippen LogP contribution in [0.3, 0.4) is 0 Å². The van der Waals surface area contributed by atoms with Gasteiger partial charge in [-0.15, -0.1) is 0 Å². The van der Waals surface area contributed by atoms with Crippen LogP contribution in [0.25, 0.3) is 0 Å². The average Bonchev–Trinajstić information content (AvgIpc) is 2.94. The Kier molecular flexibility index (Phi) is 4.07. The quantitative estimate of drug-likeness (QED) is 0.748. The van der Waals surface area contributed by atoms with Crippen molar-refractivity contribution in [1.82, 2.24) is 25.5 Å². The third-order valence-corrected chi connectivity index (χ3v) is 2.61. The van der Waals surface area contributed by atoms with Crippen LogP contribution in [0.15, 0.2) is 24.8 Å². The summed E-state index contributed by atoms with van der Waals surface area (Å²) in [6.45, 7) is 4.61. The number of amides is 1. The Bertz CT molecular complexity index is 522. The van der Waals surface area contributed by atoms with Crippen LogP contribution in [0.1, 0.15) is 35.9 Å². The summed E-state index contributed by atoms with van der Waals surface area (Å²) in [6.07, 6.45) is 6.41. The van der Waals surface area contributed by atoms with Crippen molar-refractivity contribution in [3.63, 3.8) is 0 Å². The second-order valence-electron chi connectivity index (χ2n) is 4.04. The van der Waals surface area contributed by atoms with Gasteiger partial charge in [-0.25, -0.2) is 9.97 Å². The van der Waals surface area contributed by atoms with Crippen LogP contribution in [0.2, 0.25) is 0 Å². The number of rotatable bonds is 5. The van der Waals surface area contributed by atoms with Gasteiger partial charge in [0.25, 0.3) is 5.91 Å². The zero-order valence-corrected chi connectivity index (χ0v) is 10.8. The molecule has 1 atom stereocenters. The van der Waals surface area contributed by atoms with Crippen molar-refractivity contribution in [1.29, 1.82) is 0 Å². The molecule has 0 aliphatic heterocycles. The highest BCUT2D eigenvalue weighted by Crippen LogP contribution is 2.10. The van der Waals surface area contributed by atoms with Crippen LogP contribution in [-0.4, -0.2) is 32.6 Å². The Morgan fingerprint density at radius 3 is 2.79 bits per heavy atom. The van der Waals surface area contributed by atoms with E-state index < -0.39 is 0 Å². The van der Waals surface area contributed by atoms with Crippen molar-refractivity contribution >= 4 is 11.7 Å². The summed E-state index contributed by atoms with van der Waals surface area (Å²) in [7, 11) is 0. The summed E-state index contributed by atoms with van der Waals surface area (Å²) in [5.41, 5.74) is 1.20. The first-order valence-corrected chi connectivity index (χ1v) is 6.06. The van der Waals surface area contributed by atoms with Gasteiger partial charge < -0.3 is 10.6 Å². The van der Waals surface area contributed by atoms with E-state index >= 15 is 0 Å². The first-order chi connectivity index (χ1) is 9.20. The number of nitrogens with one attached hydrogen (secondary N) is 3. The molecule has 0 aliphatic carbocycles. The number of aromatic nitrogens is 4. The van der Waals surface area contributed by atoms with Gasteiger partial charge in [-0.1, -0.05) is 0 Å². The lowest BCUT2D eigenvalue weighted by Gasteiger charge is -2.11. The number of aromatic amines is 1. The van der Waals surface area contributed by atoms with Gasteiger partial charge in [0.05, 0.1) is 24.6 Å². The molecule has 1 amide bonds. The molecule has 0 saturated heterocycles. The molecule has 0 fully saturated rings. The normalized spacial score (nSPS) is 11.9. The molecule has 2 rings (SSSR count). The van der Waals surface area contributed by atoms with Crippen molar-refractivity contribution in [2.24, 2.45) is 0 Å². The fourth-order valence-electron chi connectivity index (χ4n) is 1.57. The molecule has 2 aromatic rings. The van der Waals surface area contributed by atoms with E-state index in [-0.39, 0.29) is 17.6 Å². The van der Waals surface area contributed by atoms with Crippen LogP contribution < -0.4 is 10.6 Å². The van der Waals surface area contributed by atoms with Crippen molar-refractivity contribution < 1.29 is 4.79 Å². The van der Waals surface area contributed by atoms with Crippen LogP contribution >= 0.6 is 0 Å². The van der Waals surface area contributed by atoms with Gasteiger partial charge in [0.15, 0.2) is 0 Å². The Labute approximate surface area is 110 Å². The summed E-state index contributed by atoms with van der Waals surface area (Å²) in [6, 6.07) is -0.138. The minimum absolute atomic E-state index is 0.138. The molecule has 1 unspecified atom stereocenters. The predicted molar refractivity (Wildman–Crippen MR) is 70.7 cm³/mol. The minimum Gasteiger partial charge on any atom is -0.369 e. The van der Waals surface area contributed by atoms with Crippen molar-refractivity contribution in [3.8, 4) is 0 Å². The maximum absolute atomic E-state index is 12.0. The van der Waals surface area contributed by atoms with Gasteiger partial charge in [-0.05, 0) is 13.8 Å². The lowest BCUT2D eigenvalue weighted by atomic mass is 10.2. The molecule has 0 radical (unpaired) electrons. The van der Waals surface area contributed by atoms with E-state index in [2.05, 4.69) is 30.8 Å². The summed E-state index contributed by atoms with van der Waals surface area (Å²) >= 11 is 0.